The molecule has 0 spiro atoms. The Balaban J connectivity index is 2.38. The van der Waals surface area contributed by atoms with Gasteiger partial charge < -0.3 is 9.47 Å². The summed E-state index contributed by atoms with van der Waals surface area (Å²) >= 11 is 3.35. The number of esters is 1. The second-order valence-electron chi connectivity index (χ2n) is 3.06. The van der Waals surface area contributed by atoms with Crippen LogP contribution in [0.3, 0.4) is 0 Å². The molecule has 1 saturated heterocycles. The van der Waals surface area contributed by atoms with Crippen LogP contribution in [0, 0.1) is 0 Å². The number of ether oxygens (including phenoxy) is 2. The van der Waals surface area contributed by atoms with Crippen molar-refractivity contribution in [3.05, 3.63) is 0 Å². The van der Waals surface area contributed by atoms with Crippen LogP contribution in [-0.2, 0) is 14.3 Å². The standard InChI is InChI=1S/C8H13BrO3/c1-5-3-7(12-6(2)10)4-8(9)11-5/h5,7-8H,3-4H2,1-2H3. The van der Waals surface area contributed by atoms with E-state index in [1.807, 2.05) is 6.92 Å². The fraction of sp³-hybridized carbons (Fsp3) is 0.875. The third-order valence-electron chi connectivity index (χ3n) is 1.76. The first-order chi connectivity index (χ1) is 5.58. The van der Waals surface area contributed by atoms with Crippen molar-refractivity contribution in [3.8, 4) is 0 Å². The van der Waals surface area contributed by atoms with Gasteiger partial charge in [0.25, 0.3) is 0 Å². The lowest BCUT2D eigenvalue weighted by Gasteiger charge is -2.30. The van der Waals surface area contributed by atoms with Crippen molar-refractivity contribution in [3.63, 3.8) is 0 Å². The van der Waals surface area contributed by atoms with Gasteiger partial charge in [-0.1, -0.05) is 15.9 Å². The quantitative estimate of drug-likeness (QED) is 0.515. The largest absolute Gasteiger partial charge is 0.462 e. The van der Waals surface area contributed by atoms with Gasteiger partial charge >= 0.3 is 5.97 Å². The van der Waals surface area contributed by atoms with E-state index in [1.165, 1.54) is 6.92 Å². The smallest absolute Gasteiger partial charge is 0.302 e. The normalized spacial score (nSPS) is 36.1. The van der Waals surface area contributed by atoms with Crippen molar-refractivity contribution >= 4 is 21.9 Å². The van der Waals surface area contributed by atoms with Crippen LogP contribution >= 0.6 is 15.9 Å². The Labute approximate surface area is 80.5 Å². The third kappa shape index (κ3) is 3.11. The highest BCUT2D eigenvalue weighted by Gasteiger charge is 2.27. The average Bonchev–Trinajstić information content (AvgIpc) is 1.81. The highest BCUT2D eigenvalue weighted by molar-refractivity contribution is 9.09. The molecule has 0 aromatic carbocycles. The Morgan fingerprint density at radius 1 is 1.58 bits per heavy atom. The van der Waals surface area contributed by atoms with E-state index in [0.717, 1.165) is 12.8 Å². The summed E-state index contributed by atoms with van der Waals surface area (Å²) in [6.07, 6.45) is 1.70. The lowest BCUT2D eigenvalue weighted by atomic mass is 10.1. The molecule has 1 aliphatic rings. The maximum Gasteiger partial charge on any atom is 0.302 e. The van der Waals surface area contributed by atoms with E-state index in [0.29, 0.717) is 0 Å². The van der Waals surface area contributed by atoms with Gasteiger partial charge in [-0.2, -0.15) is 0 Å². The average molecular weight is 237 g/mol. The van der Waals surface area contributed by atoms with Crippen LogP contribution in [0.25, 0.3) is 0 Å². The third-order valence-corrected chi connectivity index (χ3v) is 2.35. The number of carbonyl (C=O) groups is 1. The van der Waals surface area contributed by atoms with Crippen LogP contribution in [0.15, 0.2) is 0 Å². The zero-order valence-corrected chi connectivity index (χ0v) is 8.83. The van der Waals surface area contributed by atoms with E-state index in [9.17, 15) is 4.79 Å². The molecule has 0 amide bonds. The van der Waals surface area contributed by atoms with Crippen LogP contribution in [-0.4, -0.2) is 23.2 Å². The van der Waals surface area contributed by atoms with Gasteiger partial charge in [-0.05, 0) is 6.92 Å². The molecule has 0 aliphatic carbocycles. The molecule has 12 heavy (non-hydrogen) atoms. The minimum atomic E-state index is -0.214. The fourth-order valence-corrected chi connectivity index (χ4v) is 2.15. The first-order valence-electron chi connectivity index (χ1n) is 4.04. The van der Waals surface area contributed by atoms with E-state index in [-0.39, 0.29) is 23.2 Å². The first-order valence-corrected chi connectivity index (χ1v) is 4.96. The van der Waals surface area contributed by atoms with Gasteiger partial charge in [-0.15, -0.1) is 0 Å². The SMILES string of the molecule is CC(=O)OC1CC(C)OC(Br)C1. The first kappa shape index (κ1) is 9.99. The van der Waals surface area contributed by atoms with Crippen molar-refractivity contribution in [2.24, 2.45) is 0 Å². The molecule has 1 aliphatic heterocycles. The maximum atomic E-state index is 10.6. The van der Waals surface area contributed by atoms with E-state index in [4.69, 9.17) is 9.47 Å². The van der Waals surface area contributed by atoms with Gasteiger partial charge in [0, 0.05) is 19.8 Å². The van der Waals surface area contributed by atoms with Crippen molar-refractivity contribution in [2.75, 3.05) is 0 Å². The Kier molecular flexibility index (Phi) is 3.53. The summed E-state index contributed by atoms with van der Waals surface area (Å²) in [4.78, 5) is 10.6. The predicted octanol–water partition coefficient (Wildman–Crippen LogP) is 1.84. The second kappa shape index (κ2) is 4.23. The summed E-state index contributed by atoms with van der Waals surface area (Å²) in [6.45, 7) is 3.41. The molecule has 4 heteroatoms. The molecular formula is C8H13BrO3. The molecule has 0 saturated carbocycles. The summed E-state index contributed by atoms with van der Waals surface area (Å²) in [6, 6.07) is 0. The monoisotopic (exact) mass is 236 g/mol. The van der Waals surface area contributed by atoms with E-state index in [2.05, 4.69) is 15.9 Å². The maximum absolute atomic E-state index is 10.6. The number of alkyl halides is 1. The number of halogens is 1. The summed E-state index contributed by atoms with van der Waals surface area (Å²) in [5.74, 6) is -0.214. The summed E-state index contributed by atoms with van der Waals surface area (Å²) in [5, 5.41) is 0.0191. The fourth-order valence-electron chi connectivity index (χ4n) is 1.37. The number of hydrogen-bond acceptors (Lipinski definition) is 3. The van der Waals surface area contributed by atoms with Gasteiger partial charge in [-0.25, -0.2) is 0 Å². The highest BCUT2D eigenvalue weighted by Crippen LogP contribution is 2.25. The van der Waals surface area contributed by atoms with Gasteiger partial charge in [0.15, 0.2) is 0 Å². The Morgan fingerprint density at radius 2 is 2.25 bits per heavy atom. The van der Waals surface area contributed by atoms with Gasteiger partial charge in [-0.3, -0.25) is 4.79 Å². The summed E-state index contributed by atoms with van der Waals surface area (Å²) < 4.78 is 10.5. The number of carbonyl (C=O) groups excluding carboxylic acids is 1. The molecule has 0 aromatic rings. The van der Waals surface area contributed by atoms with Crippen LogP contribution in [0.2, 0.25) is 0 Å². The molecule has 1 heterocycles. The molecule has 3 atom stereocenters. The molecule has 0 aromatic heterocycles. The zero-order chi connectivity index (χ0) is 9.14. The predicted molar refractivity (Wildman–Crippen MR) is 48.1 cm³/mol. The molecular weight excluding hydrogens is 224 g/mol. The Morgan fingerprint density at radius 3 is 2.75 bits per heavy atom. The lowest BCUT2D eigenvalue weighted by molar-refractivity contribution is -0.153. The van der Waals surface area contributed by atoms with Crippen LogP contribution in [0.4, 0.5) is 0 Å². The van der Waals surface area contributed by atoms with Crippen LogP contribution in [0.1, 0.15) is 26.7 Å². The van der Waals surface area contributed by atoms with E-state index < -0.39 is 0 Å². The molecule has 1 fully saturated rings. The van der Waals surface area contributed by atoms with Crippen molar-refractivity contribution in [1.82, 2.24) is 0 Å². The Hall–Kier alpha value is -0.0900. The number of rotatable bonds is 1. The van der Waals surface area contributed by atoms with Gasteiger partial charge in [0.2, 0.25) is 0 Å². The molecule has 3 unspecified atom stereocenters. The van der Waals surface area contributed by atoms with Crippen molar-refractivity contribution in [2.45, 2.75) is 43.9 Å². The molecule has 0 radical (unpaired) electrons. The molecule has 0 bridgehead atoms. The van der Waals surface area contributed by atoms with Crippen LogP contribution in [0.5, 0.6) is 0 Å². The van der Waals surface area contributed by atoms with Crippen molar-refractivity contribution in [1.29, 1.82) is 0 Å². The van der Waals surface area contributed by atoms with Crippen LogP contribution < -0.4 is 0 Å². The molecule has 70 valence electrons. The number of hydrogen-bond donors (Lipinski definition) is 0. The molecule has 3 nitrogen and oxygen atoms in total. The molecule has 0 N–H and O–H groups in total. The minimum Gasteiger partial charge on any atom is -0.462 e. The second-order valence-corrected chi connectivity index (χ2v) is 4.08. The zero-order valence-electron chi connectivity index (χ0n) is 7.25. The van der Waals surface area contributed by atoms with Gasteiger partial charge in [0.05, 0.1) is 6.10 Å². The van der Waals surface area contributed by atoms with E-state index in [1.54, 1.807) is 0 Å². The minimum absolute atomic E-state index is 0.00984. The lowest BCUT2D eigenvalue weighted by Crippen LogP contribution is -2.33. The summed E-state index contributed by atoms with van der Waals surface area (Å²) in [5.41, 5.74) is 0. The van der Waals surface area contributed by atoms with Gasteiger partial charge in [0.1, 0.15) is 11.1 Å². The summed E-state index contributed by atoms with van der Waals surface area (Å²) in [7, 11) is 0. The van der Waals surface area contributed by atoms with Crippen molar-refractivity contribution < 1.29 is 14.3 Å². The topological polar surface area (TPSA) is 35.5 Å². The highest BCUT2D eigenvalue weighted by atomic mass is 79.9. The van der Waals surface area contributed by atoms with E-state index >= 15 is 0 Å². The Bertz CT molecular complexity index is 162. The molecule has 1 rings (SSSR count).